The lowest BCUT2D eigenvalue weighted by atomic mass is 9.94. The average molecular weight is 442 g/mol. The monoisotopic (exact) mass is 442 g/mol. The van der Waals surface area contributed by atoms with E-state index < -0.39 is 41.2 Å². The molecule has 0 aliphatic carbocycles. The maximum atomic E-state index is 12.5. The summed E-state index contributed by atoms with van der Waals surface area (Å²) in [6, 6.07) is 8.14. The first kappa shape index (κ1) is 20.9. The van der Waals surface area contributed by atoms with Crippen LogP contribution in [0.3, 0.4) is 0 Å². The topological polar surface area (TPSA) is 177 Å². The standard InChI is InChI=1S/C22H18O10/c23-11-6-18-12(8-17(28)21(31-18)9-1-2-13(24)14(25)3-9)19(7-11)32-22(30)10-4-15(26)20(29)16(27)5-10/h1-7,17,21,23-29H,8H2. The largest absolute Gasteiger partial charge is 0.508 e. The van der Waals surface area contributed by atoms with Crippen molar-refractivity contribution in [3.63, 3.8) is 0 Å². The number of esters is 1. The molecule has 166 valence electrons. The first-order valence-corrected chi connectivity index (χ1v) is 9.33. The fraction of sp³-hybridized carbons (Fsp3) is 0.136. The second-order valence-corrected chi connectivity index (χ2v) is 7.23. The van der Waals surface area contributed by atoms with Gasteiger partial charge in [-0.25, -0.2) is 4.79 Å². The molecule has 4 rings (SSSR count). The second kappa shape index (κ2) is 7.75. The molecule has 0 radical (unpaired) electrons. The van der Waals surface area contributed by atoms with Crippen LogP contribution in [0.15, 0.2) is 42.5 Å². The Balaban J connectivity index is 1.65. The Kier molecular flexibility index (Phi) is 5.07. The van der Waals surface area contributed by atoms with Gasteiger partial charge in [0.2, 0.25) is 0 Å². The number of benzene rings is 3. The number of hydrogen-bond acceptors (Lipinski definition) is 10. The van der Waals surface area contributed by atoms with Crippen molar-refractivity contribution in [2.75, 3.05) is 0 Å². The van der Waals surface area contributed by atoms with Gasteiger partial charge in [-0.3, -0.25) is 0 Å². The minimum absolute atomic E-state index is 0.0450. The van der Waals surface area contributed by atoms with Crippen molar-refractivity contribution in [2.45, 2.75) is 18.6 Å². The Morgan fingerprint density at radius 1 is 0.875 bits per heavy atom. The van der Waals surface area contributed by atoms with E-state index in [2.05, 4.69) is 0 Å². The fourth-order valence-corrected chi connectivity index (χ4v) is 3.42. The van der Waals surface area contributed by atoms with Crippen LogP contribution in [0, 0.1) is 0 Å². The first-order valence-electron chi connectivity index (χ1n) is 9.33. The minimum atomic E-state index is -1.13. The Morgan fingerprint density at radius 2 is 1.56 bits per heavy atom. The number of phenols is 6. The van der Waals surface area contributed by atoms with Gasteiger partial charge in [0.25, 0.3) is 0 Å². The highest BCUT2D eigenvalue weighted by Crippen LogP contribution is 2.44. The van der Waals surface area contributed by atoms with Crippen LogP contribution in [0.2, 0.25) is 0 Å². The molecule has 2 unspecified atom stereocenters. The summed E-state index contributed by atoms with van der Waals surface area (Å²) in [7, 11) is 0. The summed E-state index contributed by atoms with van der Waals surface area (Å²) < 4.78 is 11.1. The maximum Gasteiger partial charge on any atom is 0.343 e. The van der Waals surface area contributed by atoms with Gasteiger partial charge in [0.15, 0.2) is 28.7 Å². The van der Waals surface area contributed by atoms with Crippen LogP contribution in [-0.4, -0.2) is 47.8 Å². The maximum absolute atomic E-state index is 12.5. The Bertz CT molecular complexity index is 1200. The quantitative estimate of drug-likeness (QED) is 0.181. The highest BCUT2D eigenvalue weighted by molar-refractivity contribution is 5.93. The molecule has 0 bridgehead atoms. The van der Waals surface area contributed by atoms with E-state index >= 15 is 0 Å². The molecule has 1 heterocycles. The van der Waals surface area contributed by atoms with E-state index in [9.17, 15) is 40.5 Å². The number of aromatic hydroxyl groups is 6. The molecule has 2 atom stereocenters. The average Bonchev–Trinajstić information content (AvgIpc) is 2.73. The molecule has 0 amide bonds. The normalized spacial score (nSPS) is 17.3. The molecule has 10 heteroatoms. The first-order chi connectivity index (χ1) is 15.1. The van der Waals surface area contributed by atoms with Gasteiger partial charge in [0.1, 0.15) is 23.4 Å². The van der Waals surface area contributed by atoms with Crippen LogP contribution >= 0.6 is 0 Å². The summed E-state index contributed by atoms with van der Waals surface area (Å²) in [6.07, 6.45) is -2.11. The second-order valence-electron chi connectivity index (χ2n) is 7.23. The van der Waals surface area contributed by atoms with Gasteiger partial charge in [-0.15, -0.1) is 0 Å². The van der Waals surface area contributed by atoms with E-state index in [1.165, 1.54) is 24.3 Å². The molecule has 3 aromatic carbocycles. The van der Waals surface area contributed by atoms with Crippen LogP contribution in [0.4, 0.5) is 0 Å². The molecule has 0 saturated heterocycles. The van der Waals surface area contributed by atoms with Crippen molar-refractivity contribution < 1.29 is 50.0 Å². The molecule has 1 aliphatic heterocycles. The SMILES string of the molecule is O=C(Oc1cc(O)cc2c1CC(O)C(c1ccc(O)c(O)c1)O2)c1cc(O)c(O)c(O)c1. The highest BCUT2D eigenvalue weighted by Gasteiger charge is 2.33. The summed E-state index contributed by atoms with van der Waals surface area (Å²) in [5.41, 5.74) is 0.370. The molecule has 0 aromatic heterocycles. The summed E-state index contributed by atoms with van der Waals surface area (Å²) in [6.45, 7) is 0. The van der Waals surface area contributed by atoms with Gasteiger partial charge >= 0.3 is 5.97 Å². The summed E-state index contributed by atoms with van der Waals surface area (Å²) >= 11 is 0. The molecular formula is C22H18O10. The number of rotatable bonds is 3. The van der Waals surface area contributed by atoms with Crippen molar-refractivity contribution in [3.8, 4) is 46.0 Å². The fourth-order valence-electron chi connectivity index (χ4n) is 3.42. The zero-order valence-electron chi connectivity index (χ0n) is 16.3. The van der Waals surface area contributed by atoms with Crippen molar-refractivity contribution in [1.82, 2.24) is 0 Å². The number of aliphatic hydroxyl groups is 1. The number of fused-ring (bicyclic) bond motifs is 1. The lowest BCUT2D eigenvalue weighted by Gasteiger charge is -2.32. The van der Waals surface area contributed by atoms with Gasteiger partial charge in [-0.05, 0) is 29.8 Å². The number of aliphatic hydroxyl groups excluding tert-OH is 1. The van der Waals surface area contributed by atoms with Crippen molar-refractivity contribution in [1.29, 1.82) is 0 Å². The summed E-state index contributed by atoms with van der Waals surface area (Å²) in [5.74, 6) is -4.29. The molecule has 10 nitrogen and oxygen atoms in total. The van der Waals surface area contributed by atoms with Gasteiger partial charge in [-0.1, -0.05) is 6.07 Å². The van der Waals surface area contributed by atoms with Crippen LogP contribution < -0.4 is 9.47 Å². The minimum Gasteiger partial charge on any atom is -0.508 e. The number of ether oxygens (including phenoxy) is 2. The molecule has 3 aromatic rings. The van der Waals surface area contributed by atoms with Crippen LogP contribution in [0.25, 0.3) is 0 Å². The Morgan fingerprint density at radius 3 is 2.22 bits per heavy atom. The van der Waals surface area contributed by atoms with Crippen molar-refractivity contribution >= 4 is 5.97 Å². The van der Waals surface area contributed by atoms with Gasteiger partial charge < -0.3 is 45.2 Å². The lowest BCUT2D eigenvalue weighted by molar-refractivity contribution is 0.0194. The Labute approximate surface area is 180 Å². The summed E-state index contributed by atoms with van der Waals surface area (Å²) in [4.78, 5) is 12.5. The van der Waals surface area contributed by atoms with Gasteiger partial charge in [-0.2, -0.15) is 0 Å². The molecule has 0 spiro atoms. The zero-order chi connectivity index (χ0) is 23.2. The predicted molar refractivity (Wildman–Crippen MR) is 107 cm³/mol. The van der Waals surface area contributed by atoms with Gasteiger partial charge in [0.05, 0.1) is 11.7 Å². The number of phenolic OH excluding ortho intramolecular Hbond substituents is 6. The zero-order valence-corrected chi connectivity index (χ0v) is 16.3. The molecular weight excluding hydrogens is 424 g/mol. The third-order valence-electron chi connectivity index (χ3n) is 5.01. The van der Waals surface area contributed by atoms with Gasteiger partial charge in [0, 0.05) is 24.1 Å². The van der Waals surface area contributed by atoms with E-state index in [1.54, 1.807) is 0 Å². The van der Waals surface area contributed by atoms with E-state index in [0.717, 1.165) is 18.2 Å². The summed E-state index contributed by atoms with van der Waals surface area (Å²) in [5, 5.41) is 68.5. The molecule has 0 fully saturated rings. The van der Waals surface area contributed by atoms with Crippen LogP contribution in [0.5, 0.6) is 46.0 Å². The van der Waals surface area contributed by atoms with E-state index in [0.29, 0.717) is 5.56 Å². The molecule has 32 heavy (non-hydrogen) atoms. The third kappa shape index (κ3) is 3.74. The number of carbonyl (C=O) groups excluding carboxylic acids is 1. The predicted octanol–water partition coefficient (Wildman–Crippen LogP) is 2.18. The number of hydrogen-bond donors (Lipinski definition) is 7. The molecule has 7 N–H and O–H groups in total. The van der Waals surface area contributed by atoms with E-state index in [4.69, 9.17) is 9.47 Å². The van der Waals surface area contributed by atoms with E-state index in [1.807, 2.05) is 0 Å². The third-order valence-corrected chi connectivity index (χ3v) is 5.01. The van der Waals surface area contributed by atoms with Crippen molar-refractivity contribution in [3.05, 3.63) is 59.2 Å². The van der Waals surface area contributed by atoms with Crippen molar-refractivity contribution in [2.24, 2.45) is 0 Å². The molecule has 0 saturated carbocycles. The molecule has 1 aliphatic rings. The van der Waals surface area contributed by atoms with Crippen LogP contribution in [0.1, 0.15) is 27.6 Å². The van der Waals surface area contributed by atoms with Crippen LogP contribution in [-0.2, 0) is 6.42 Å². The number of carbonyl (C=O) groups is 1. The highest BCUT2D eigenvalue weighted by atomic mass is 16.5. The smallest absolute Gasteiger partial charge is 0.343 e. The Hall–Kier alpha value is -4.31. The lowest BCUT2D eigenvalue weighted by Crippen LogP contribution is -2.30. The van der Waals surface area contributed by atoms with E-state index in [-0.39, 0.29) is 40.5 Å².